The maximum atomic E-state index is 13.6. The first-order chi connectivity index (χ1) is 9.36. The Labute approximate surface area is 112 Å². The fourth-order valence-corrected chi connectivity index (χ4v) is 2.03. The molecule has 20 heavy (non-hydrogen) atoms. The summed E-state index contributed by atoms with van der Waals surface area (Å²) in [7, 11) is 0. The van der Waals surface area contributed by atoms with Crippen molar-refractivity contribution in [3.05, 3.63) is 34.1 Å². The minimum absolute atomic E-state index is 0.197. The van der Waals surface area contributed by atoms with E-state index in [1.54, 1.807) is 0 Å². The molecular formula is C12H11FN2O5. The summed E-state index contributed by atoms with van der Waals surface area (Å²) in [5, 5.41) is 21.7. The summed E-state index contributed by atoms with van der Waals surface area (Å²) >= 11 is 0. The molecule has 7 nitrogen and oxygen atoms in total. The highest BCUT2D eigenvalue weighted by molar-refractivity contribution is 6.09. The van der Waals surface area contributed by atoms with Crippen molar-refractivity contribution >= 4 is 23.3 Å². The van der Waals surface area contributed by atoms with Crippen LogP contribution in [0.1, 0.15) is 19.3 Å². The van der Waals surface area contributed by atoms with Gasteiger partial charge in [-0.25, -0.2) is 4.39 Å². The first-order valence-corrected chi connectivity index (χ1v) is 5.85. The molecule has 0 heterocycles. The first-order valence-electron chi connectivity index (χ1n) is 5.85. The summed E-state index contributed by atoms with van der Waals surface area (Å²) in [5.74, 6) is -3.03. The second-order valence-electron chi connectivity index (χ2n) is 4.62. The second-order valence-corrected chi connectivity index (χ2v) is 4.62. The van der Waals surface area contributed by atoms with E-state index in [1.165, 1.54) is 0 Å². The fraction of sp³-hybridized carbons (Fsp3) is 0.333. The molecule has 0 saturated heterocycles. The molecular weight excluding hydrogens is 271 g/mol. The first kappa shape index (κ1) is 13.9. The van der Waals surface area contributed by atoms with Gasteiger partial charge in [-0.05, 0) is 18.9 Å². The summed E-state index contributed by atoms with van der Waals surface area (Å²) in [4.78, 5) is 32.8. The number of hydrogen-bond donors (Lipinski definition) is 2. The number of halogens is 1. The molecule has 2 N–H and O–H groups in total. The SMILES string of the molecule is O=C(O)C1(C(=O)Nc2ccc([N+](=O)[O-])cc2F)CCC1. The Bertz CT molecular complexity index is 598. The number of non-ortho nitro benzene ring substituents is 1. The average Bonchev–Trinajstić information content (AvgIpc) is 2.29. The van der Waals surface area contributed by atoms with Gasteiger partial charge < -0.3 is 10.4 Å². The molecule has 0 radical (unpaired) electrons. The molecule has 0 bridgehead atoms. The standard InChI is InChI=1S/C12H11FN2O5/c13-8-6-7(15(19)20)2-3-9(8)14-10(16)12(11(17)18)4-1-5-12/h2-3,6H,1,4-5H2,(H,14,16)(H,17,18). The Morgan fingerprint density at radius 1 is 1.40 bits per heavy atom. The summed E-state index contributed by atoms with van der Waals surface area (Å²) in [6, 6.07) is 2.75. The van der Waals surface area contributed by atoms with Gasteiger partial charge in [-0.3, -0.25) is 19.7 Å². The molecule has 1 aliphatic carbocycles. The van der Waals surface area contributed by atoms with Crippen molar-refractivity contribution in [3.63, 3.8) is 0 Å². The van der Waals surface area contributed by atoms with Gasteiger partial charge in [0.1, 0.15) is 5.41 Å². The number of aliphatic carboxylic acids is 1. The van der Waals surface area contributed by atoms with Crippen molar-refractivity contribution < 1.29 is 24.0 Å². The van der Waals surface area contributed by atoms with Gasteiger partial charge in [-0.1, -0.05) is 6.42 Å². The number of carboxylic acid groups (broad SMARTS) is 1. The highest BCUT2D eigenvalue weighted by Gasteiger charge is 2.51. The Balaban J connectivity index is 2.20. The van der Waals surface area contributed by atoms with Gasteiger partial charge in [-0.15, -0.1) is 0 Å². The van der Waals surface area contributed by atoms with Crippen molar-refractivity contribution in [2.45, 2.75) is 19.3 Å². The number of nitrogens with zero attached hydrogens (tertiary/aromatic N) is 1. The average molecular weight is 282 g/mol. The number of hydrogen-bond acceptors (Lipinski definition) is 4. The van der Waals surface area contributed by atoms with Crippen LogP contribution in [0.2, 0.25) is 0 Å². The van der Waals surface area contributed by atoms with E-state index in [2.05, 4.69) is 5.32 Å². The lowest BCUT2D eigenvalue weighted by atomic mass is 9.68. The molecule has 0 aromatic heterocycles. The van der Waals surface area contributed by atoms with Crippen molar-refractivity contribution in [3.8, 4) is 0 Å². The maximum Gasteiger partial charge on any atom is 0.319 e. The van der Waals surface area contributed by atoms with E-state index < -0.39 is 33.7 Å². The van der Waals surface area contributed by atoms with Crippen molar-refractivity contribution in [1.29, 1.82) is 0 Å². The number of nitro groups is 1. The Kier molecular flexibility index (Phi) is 3.39. The quantitative estimate of drug-likeness (QED) is 0.498. The molecule has 2 rings (SSSR count). The molecule has 0 unspecified atom stereocenters. The summed E-state index contributed by atoms with van der Waals surface area (Å²) < 4.78 is 13.6. The number of nitro benzene ring substituents is 1. The normalized spacial score (nSPS) is 16.1. The third-order valence-electron chi connectivity index (χ3n) is 3.46. The highest BCUT2D eigenvalue weighted by Crippen LogP contribution is 2.42. The smallest absolute Gasteiger partial charge is 0.319 e. The zero-order chi connectivity index (χ0) is 14.9. The van der Waals surface area contributed by atoms with Gasteiger partial charge in [0.05, 0.1) is 16.7 Å². The number of nitrogens with one attached hydrogen (secondary N) is 1. The Morgan fingerprint density at radius 3 is 2.45 bits per heavy atom. The van der Waals surface area contributed by atoms with Crippen LogP contribution < -0.4 is 5.32 Å². The lowest BCUT2D eigenvalue weighted by Gasteiger charge is -2.35. The number of carboxylic acids is 1. The molecule has 1 aromatic rings. The van der Waals surface area contributed by atoms with E-state index in [1.807, 2.05) is 0 Å². The molecule has 8 heteroatoms. The number of anilines is 1. The lowest BCUT2D eigenvalue weighted by Crippen LogP contribution is -2.48. The van der Waals surface area contributed by atoms with Crippen LogP contribution in [0.4, 0.5) is 15.8 Å². The van der Waals surface area contributed by atoms with E-state index in [0.717, 1.165) is 12.1 Å². The predicted octanol–water partition coefficient (Wildman–Crippen LogP) is 1.93. The van der Waals surface area contributed by atoms with E-state index in [4.69, 9.17) is 5.11 Å². The largest absolute Gasteiger partial charge is 0.480 e. The molecule has 0 spiro atoms. The van der Waals surface area contributed by atoms with Crippen LogP contribution >= 0.6 is 0 Å². The summed E-state index contributed by atoms with van der Waals surface area (Å²) in [6.07, 6.45) is 1.01. The van der Waals surface area contributed by atoms with Gasteiger partial charge in [0.15, 0.2) is 5.82 Å². The minimum Gasteiger partial charge on any atom is -0.480 e. The molecule has 0 aliphatic heterocycles. The third kappa shape index (κ3) is 2.20. The predicted molar refractivity (Wildman–Crippen MR) is 65.6 cm³/mol. The zero-order valence-electron chi connectivity index (χ0n) is 10.3. The van der Waals surface area contributed by atoms with Crippen molar-refractivity contribution in [2.75, 3.05) is 5.32 Å². The van der Waals surface area contributed by atoms with Gasteiger partial charge in [0.2, 0.25) is 5.91 Å². The molecule has 1 saturated carbocycles. The molecule has 0 atom stereocenters. The topological polar surface area (TPSA) is 110 Å². The molecule has 1 aromatic carbocycles. The molecule has 1 fully saturated rings. The third-order valence-corrected chi connectivity index (χ3v) is 3.46. The van der Waals surface area contributed by atoms with Crippen LogP contribution in [0.5, 0.6) is 0 Å². The zero-order valence-corrected chi connectivity index (χ0v) is 10.3. The number of carbonyl (C=O) groups is 2. The van der Waals surface area contributed by atoms with Gasteiger partial charge in [0.25, 0.3) is 5.69 Å². The molecule has 1 amide bonds. The van der Waals surface area contributed by atoms with Gasteiger partial charge in [0, 0.05) is 6.07 Å². The Morgan fingerprint density at radius 2 is 2.05 bits per heavy atom. The number of benzene rings is 1. The lowest BCUT2D eigenvalue weighted by molar-refractivity contribution is -0.385. The van der Waals surface area contributed by atoms with E-state index in [-0.39, 0.29) is 18.5 Å². The van der Waals surface area contributed by atoms with Crippen LogP contribution in [0, 0.1) is 21.3 Å². The Hall–Kier alpha value is -2.51. The van der Waals surface area contributed by atoms with E-state index >= 15 is 0 Å². The van der Waals surface area contributed by atoms with Crippen LogP contribution in [0.15, 0.2) is 18.2 Å². The van der Waals surface area contributed by atoms with E-state index in [9.17, 15) is 24.1 Å². The number of rotatable bonds is 4. The molecule has 106 valence electrons. The van der Waals surface area contributed by atoms with Crippen LogP contribution in [0.3, 0.4) is 0 Å². The maximum absolute atomic E-state index is 13.6. The second kappa shape index (κ2) is 4.87. The highest BCUT2D eigenvalue weighted by atomic mass is 19.1. The van der Waals surface area contributed by atoms with Crippen LogP contribution in [-0.2, 0) is 9.59 Å². The summed E-state index contributed by atoms with van der Waals surface area (Å²) in [5.41, 5.74) is -2.24. The van der Waals surface area contributed by atoms with Gasteiger partial charge >= 0.3 is 5.97 Å². The van der Waals surface area contributed by atoms with Crippen molar-refractivity contribution in [2.24, 2.45) is 5.41 Å². The number of amides is 1. The van der Waals surface area contributed by atoms with Gasteiger partial charge in [-0.2, -0.15) is 0 Å². The van der Waals surface area contributed by atoms with E-state index in [0.29, 0.717) is 12.5 Å². The monoisotopic (exact) mass is 282 g/mol. The fourth-order valence-electron chi connectivity index (χ4n) is 2.03. The molecule has 1 aliphatic rings. The van der Waals surface area contributed by atoms with Crippen molar-refractivity contribution in [1.82, 2.24) is 0 Å². The van der Waals surface area contributed by atoms with Crippen LogP contribution in [-0.4, -0.2) is 21.9 Å². The minimum atomic E-state index is -1.52. The van der Waals surface area contributed by atoms with Crippen LogP contribution in [0.25, 0.3) is 0 Å². The summed E-state index contributed by atoms with van der Waals surface area (Å²) in [6.45, 7) is 0. The number of carbonyl (C=O) groups excluding carboxylic acids is 1.